The van der Waals surface area contributed by atoms with E-state index in [-0.39, 0.29) is 0 Å². The summed E-state index contributed by atoms with van der Waals surface area (Å²) in [6.07, 6.45) is 5.25. The minimum atomic E-state index is 0.774. The van der Waals surface area contributed by atoms with Crippen LogP contribution in [0.2, 0.25) is 0 Å². The highest BCUT2D eigenvalue weighted by Gasteiger charge is 2.24. The van der Waals surface area contributed by atoms with Crippen molar-refractivity contribution in [2.45, 2.75) is 33.1 Å². The number of aldehydes is 2. The molecular formula is C25H20O2S4. The van der Waals surface area contributed by atoms with Gasteiger partial charge in [-0.1, -0.05) is 0 Å². The van der Waals surface area contributed by atoms with E-state index in [0.717, 1.165) is 35.2 Å². The maximum absolute atomic E-state index is 11.1. The van der Waals surface area contributed by atoms with Crippen molar-refractivity contribution >= 4 is 69.1 Å². The molecule has 0 fully saturated rings. The van der Waals surface area contributed by atoms with Crippen LogP contribution in [0.3, 0.4) is 0 Å². The highest BCUT2D eigenvalue weighted by atomic mass is 32.1. The van der Waals surface area contributed by atoms with E-state index in [4.69, 9.17) is 0 Å². The Kier molecular flexibility index (Phi) is 5.65. The first-order valence-electron chi connectivity index (χ1n) is 10.1. The molecule has 4 aromatic heterocycles. The molecule has 0 unspecified atom stereocenters. The first kappa shape index (κ1) is 20.8. The largest absolute Gasteiger partial charge is 0.297 e. The fraction of sp³-hybridized carbons (Fsp3) is 0.200. The van der Waals surface area contributed by atoms with E-state index in [2.05, 4.69) is 38.1 Å². The van der Waals surface area contributed by atoms with Crippen molar-refractivity contribution in [2.24, 2.45) is 0 Å². The van der Waals surface area contributed by atoms with Crippen molar-refractivity contribution in [3.63, 3.8) is 0 Å². The van der Waals surface area contributed by atoms with Gasteiger partial charge in [-0.25, -0.2) is 0 Å². The normalized spacial score (nSPS) is 13.9. The molecule has 4 aromatic rings. The summed E-state index contributed by atoms with van der Waals surface area (Å²) in [5.74, 6) is 0. The predicted molar refractivity (Wildman–Crippen MR) is 136 cm³/mol. The van der Waals surface area contributed by atoms with Crippen LogP contribution in [-0.2, 0) is 0 Å². The second-order valence-electron chi connectivity index (χ2n) is 7.61. The Morgan fingerprint density at radius 2 is 1.10 bits per heavy atom. The fourth-order valence-electron chi connectivity index (χ4n) is 4.24. The maximum Gasteiger partial charge on any atom is 0.160 e. The second kappa shape index (κ2) is 8.43. The van der Waals surface area contributed by atoms with Crippen LogP contribution in [0.25, 0.3) is 30.7 Å². The number of rotatable bonds is 6. The number of carbonyl (C=O) groups is 2. The Hall–Kier alpha value is -2.12. The summed E-state index contributed by atoms with van der Waals surface area (Å²) in [5.41, 5.74) is 5.67. The molecule has 1 aliphatic carbocycles. The molecule has 0 aromatic carbocycles. The van der Waals surface area contributed by atoms with Crippen molar-refractivity contribution in [1.29, 1.82) is 0 Å². The van der Waals surface area contributed by atoms with E-state index in [9.17, 15) is 9.59 Å². The van der Waals surface area contributed by atoms with E-state index in [0.29, 0.717) is 0 Å². The first-order valence-corrected chi connectivity index (χ1v) is 13.4. The average Bonchev–Trinajstić information content (AvgIpc) is 3.56. The van der Waals surface area contributed by atoms with Crippen molar-refractivity contribution < 1.29 is 9.59 Å². The minimum absolute atomic E-state index is 0.774. The first-order chi connectivity index (χ1) is 15.1. The van der Waals surface area contributed by atoms with E-state index in [1.807, 2.05) is 34.8 Å². The van der Waals surface area contributed by atoms with Gasteiger partial charge in [0.2, 0.25) is 0 Å². The van der Waals surface area contributed by atoms with Crippen molar-refractivity contribution in [2.75, 3.05) is 0 Å². The Bertz CT molecular complexity index is 1220. The summed E-state index contributed by atoms with van der Waals surface area (Å²) in [6, 6.07) is 12.5. The standard InChI is InChI=1S/C25H20O2S4/c1-14-20(10-24(28-14)22-8-6-16(12-26)30-22)18-4-3-5-19(18)21-11-25(29-15(21)2)23-9-7-17(13-27)31-23/h6-13H,3-5H2,1-2H3. The summed E-state index contributed by atoms with van der Waals surface area (Å²) in [4.78, 5) is 31.2. The molecule has 0 bridgehead atoms. The van der Waals surface area contributed by atoms with Gasteiger partial charge >= 0.3 is 0 Å². The summed E-state index contributed by atoms with van der Waals surface area (Å²) in [5, 5.41) is 0. The second-order valence-corrected chi connectivity index (χ2v) is 12.4. The Morgan fingerprint density at radius 3 is 1.48 bits per heavy atom. The monoisotopic (exact) mass is 480 g/mol. The molecule has 2 nitrogen and oxygen atoms in total. The van der Waals surface area contributed by atoms with Crippen LogP contribution < -0.4 is 0 Å². The molecule has 0 amide bonds. The lowest BCUT2D eigenvalue weighted by molar-refractivity contribution is 0.111. The highest BCUT2D eigenvalue weighted by Crippen LogP contribution is 2.48. The third-order valence-corrected chi connectivity index (χ3v) is 10.2. The van der Waals surface area contributed by atoms with Gasteiger partial charge in [0.25, 0.3) is 0 Å². The molecule has 4 heterocycles. The lowest BCUT2D eigenvalue weighted by atomic mass is 9.97. The Labute approximate surface area is 197 Å². The summed E-state index contributed by atoms with van der Waals surface area (Å²) >= 11 is 6.76. The van der Waals surface area contributed by atoms with E-state index < -0.39 is 0 Å². The van der Waals surface area contributed by atoms with Crippen LogP contribution >= 0.6 is 45.3 Å². The lowest BCUT2D eigenvalue weighted by Gasteiger charge is -2.07. The van der Waals surface area contributed by atoms with Crippen molar-refractivity contribution in [1.82, 2.24) is 0 Å². The Morgan fingerprint density at radius 1 is 0.645 bits per heavy atom. The van der Waals surface area contributed by atoms with E-state index >= 15 is 0 Å². The maximum atomic E-state index is 11.1. The molecule has 0 saturated heterocycles. The average molecular weight is 481 g/mol. The van der Waals surface area contributed by atoms with Gasteiger partial charge in [0.1, 0.15) is 0 Å². The quantitative estimate of drug-likeness (QED) is 0.259. The zero-order valence-electron chi connectivity index (χ0n) is 17.2. The molecule has 0 aliphatic heterocycles. The van der Waals surface area contributed by atoms with Crippen LogP contribution in [0.15, 0.2) is 36.4 Å². The molecule has 0 spiro atoms. The van der Waals surface area contributed by atoms with E-state index in [1.54, 1.807) is 22.7 Å². The molecule has 0 atom stereocenters. The molecule has 0 saturated carbocycles. The van der Waals surface area contributed by atoms with Gasteiger partial charge in [0.15, 0.2) is 12.6 Å². The van der Waals surface area contributed by atoms with Gasteiger partial charge in [-0.15, -0.1) is 45.3 Å². The number of hydrogen-bond acceptors (Lipinski definition) is 6. The molecule has 0 radical (unpaired) electrons. The molecular weight excluding hydrogens is 461 g/mol. The van der Waals surface area contributed by atoms with Gasteiger partial charge in [-0.3, -0.25) is 9.59 Å². The van der Waals surface area contributed by atoms with Gasteiger partial charge in [-0.2, -0.15) is 0 Å². The predicted octanol–water partition coefficient (Wildman–Crippen LogP) is 8.60. The zero-order valence-corrected chi connectivity index (χ0v) is 20.5. The fourth-order valence-corrected chi connectivity index (χ4v) is 8.14. The zero-order chi connectivity index (χ0) is 21.5. The van der Waals surface area contributed by atoms with Gasteiger partial charge in [0, 0.05) is 29.3 Å². The third-order valence-electron chi connectivity index (χ3n) is 5.68. The molecule has 0 N–H and O–H groups in total. The van der Waals surface area contributed by atoms with Gasteiger partial charge in [0.05, 0.1) is 9.75 Å². The van der Waals surface area contributed by atoms with Crippen molar-refractivity contribution in [3.8, 4) is 19.5 Å². The summed E-state index contributed by atoms with van der Waals surface area (Å²) in [7, 11) is 0. The van der Waals surface area contributed by atoms with E-state index in [1.165, 1.54) is 58.0 Å². The van der Waals surface area contributed by atoms with Gasteiger partial charge < -0.3 is 0 Å². The molecule has 31 heavy (non-hydrogen) atoms. The smallest absolute Gasteiger partial charge is 0.160 e. The number of carbonyl (C=O) groups excluding carboxylic acids is 2. The van der Waals surface area contributed by atoms with Crippen LogP contribution in [0, 0.1) is 13.8 Å². The number of aryl methyl sites for hydroxylation is 2. The van der Waals surface area contributed by atoms with Gasteiger partial charge in [-0.05, 0) is 91.8 Å². The third kappa shape index (κ3) is 3.82. The number of thiophene rings is 4. The summed E-state index contributed by atoms with van der Waals surface area (Å²) < 4.78 is 0. The lowest BCUT2D eigenvalue weighted by Crippen LogP contribution is -1.86. The van der Waals surface area contributed by atoms with Crippen LogP contribution in [0.5, 0.6) is 0 Å². The van der Waals surface area contributed by atoms with Crippen LogP contribution in [0.1, 0.15) is 59.5 Å². The minimum Gasteiger partial charge on any atom is -0.297 e. The summed E-state index contributed by atoms with van der Waals surface area (Å²) in [6.45, 7) is 4.42. The highest BCUT2D eigenvalue weighted by molar-refractivity contribution is 7.23. The topological polar surface area (TPSA) is 34.1 Å². The SMILES string of the molecule is Cc1sc(-c2ccc(C=O)s2)cc1C1=C(c2cc(-c3ccc(C=O)s3)sc2C)CCC1. The number of hydrogen-bond donors (Lipinski definition) is 0. The molecule has 156 valence electrons. The molecule has 1 aliphatic rings. The van der Waals surface area contributed by atoms with Crippen LogP contribution in [0.4, 0.5) is 0 Å². The van der Waals surface area contributed by atoms with Crippen molar-refractivity contribution in [3.05, 3.63) is 67.0 Å². The number of allylic oxidation sites excluding steroid dienone is 2. The Balaban J connectivity index is 1.55. The van der Waals surface area contributed by atoms with Crippen LogP contribution in [-0.4, -0.2) is 12.6 Å². The molecule has 5 rings (SSSR count). The molecule has 6 heteroatoms.